The van der Waals surface area contributed by atoms with Crippen LogP contribution in [-0.2, 0) is 19.8 Å². The molecule has 0 saturated carbocycles. The minimum Gasteiger partial charge on any atom is -0.381 e. The Labute approximate surface area is 262 Å². The fourth-order valence-electron chi connectivity index (χ4n) is 6.53. The van der Waals surface area contributed by atoms with Gasteiger partial charge in [0.1, 0.15) is 0 Å². The van der Waals surface area contributed by atoms with Gasteiger partial charge in [-0.15, -0.1) is 0 Å². The molecule has 10 heteroatoms. The van der Waals surface area contributed by atoms with Crippen LogP contribution in [0.5, 0.6) is 0 Å². The Bertz CT molecular complexity index is 1290. The highest BCUT2D eigenvalue weighted by molar-refractivity contribution is 5.79. The molecule has 10 nitrogen and oxygen atoms in total. The average molecular weight is 609 g/mol. The average Bonchev–Trinajstić information content (AvgIpc) is 3.43. The maximum absolute atomic E-state index is 9.57. The van der Waals surface area contributed by atoms with E-state index in [1.165, 1.54) is 24.1 Å². The number of aliphatic hydroxyl groups excluding tert-OH is 1. The van der Waals surface area contributed by atoms with Gasteiger partial charge in [0.05, 0.1) is 22.5 Å². The first kappa shape index (κ1) is 32.8. The van der Waals surface area contributed by atoms with E-state index in [0.29, 0.717) is 12.6 Å². The van der Waals surface area contributed by atoms with Crippen molar-refractivity contribution in [1.82, 2.24) is 24.4 Å². The summed E-state index contributed by atoms with van der Waals surface area (Å²) in [6.07, 6.45) is 9.72. The van der Waals surface area contributed by atoms with Crippen LogP contribution in [0.1, 0.15) is 65.9 Å². The summed E-state index contributed by atoms with van der Waals surface area (Å²) in [5.41, 5.74) is 5.16. The van der Waals surface area contributed by atoms with Crippen molar-refractivity contribution < 1.29 is 19.3 Å². The van der Waals surface area contributed by atoms with Gasteiger partial charge in [-0.1, -0.05) is 19.9 Å². The predicted molar refractivity (Wildman–Crippen MR) is 174 cm³/mol. The highest BCUT2D eigenvalue weighted by atomic mass is 16.7. The van der Waals surface area contributed by atoms with Gasteiger partial charge < -0.3 is 29.1 Å². The molecule has 2 atom stereocenters. The zero-order valence-electron chi connectivity index (χ0n) is 27.3. The van der Waals surface area contributed by atoms with Gasteiger partial charge in [-0.3, -0.25) is 9.88 Å². The third-order valence-corrected chi connectivity index (χ3v) is 9.12. The minimum atomic E-state index is -0.623. The summed E-state index contributed by atoms with van der Waals surface area (Å²) in [5, 5.41) is 14.1. The number of hydrogen-bond donors (Lipinski definition) is 1. The van der Waals surface area contributed by atoms with E-state index in [9.17, 15) is 5.11 Å². The predicted octanol–water partition coefficient (Wildman–Crippen LogP) is 4.75. The van der Waals surface area contributed by atoms with E-state index < -0.39 is 6.29 Å². The molecule has 242 valence electrons. The van der Waals surface area contributed by atoms with E-state index in [-0.39, 0.29) is 11.8 Å². The first-order chi connectivity index (χ1) is 21.5. The van der Waals surface area contributed by atoms with Crippen molar-refractivity contribution in [2.24, 2.45) is 0 Å². The minimum absolute atomic E-state index is 0.127. The number of aromatic nitrogens is 3. The summed E-state index contributed by atoms with van der Waals surface area (Å²) in [5.74, 6) is 0. The van der Waals surface area contributed by atoms with Crippen molar-refractivity contribution >= 4 is 11.2 Å². The number of aliphatic hydroxyl groups is 1. The van der Waals surface area contributed by atoms with Crippen LogP contribution >= 0.6 is 0 Å². The molecule has 0 amide bonds. The van der Waals surface area contributed by atoms with Gasteiger partial charge in [-0.05, 0) is 64.7 Å². The van der Waals surface area contributed by atoms with Gasteiger partial charge in [0.2, 0.25) is 0 Å². The third-order valence-electron chi connectivity index (χ3n) is 9.12. The smallest absolute Gasteiger partial charge is 0.197 e. The number of nitrogens with zero attached hydrogens (tertiary/aromatic N) is 6. The molecular formula is C34H52N6O4. The Morgan fingerprint density at radius 2 is 1.73 bits per heavy atom. The van der Waals surface area contributed by atoms with Gasteiger partial charge >= 0.3 is 0 Å². The molecule has 0 bridgehead atoms. The van der Waals surface area contributed by atoms with Crippen LogP contribution < -0.4 is 4.90 Å². The van der Waals surface area contributed by atoms with Crippen LogP contribution in [0.2, 0.25) is 0 Å². The fraction of sp³-hybridized carbons (Fsp3) is 0.647. The van der Waals surface area contributed by atoms with E-state index in [2.05, 4.69) is 71.0 Å². The molecule has 7 rings (SSSR count). The van der Waals surface area contributed by atoms with Crippen LogP contribution in [0.25, 0.3) is 16.8 Å². The van der Waals surface area contributed by atoms with Crippen molar-refractivity contribution in [2.75, 3.05) is 64.0 Å². The number of epoxide rings is 1. The topological polar surface area (TPSA) is 91.1 Å². The van der Waals surface area contributed by atoms with E-state index in [4.69, 9.17) is 19.2 Å². The molecule has 0 radical (unpaired) electrons. The summed E-state index contributed by atoms with van der Waals surface area (Å²) in [6.45, 7) is 18.9. The first-order valence-corrected chi connectivity index (χ1v) is 16.7. The molecule has 4 saturated heterocycles. The monoisotopic (exact) mass is 608 g/mol. The van der Waals surface area contributed by atoms with Crippen molar-refractivity contribution in [3.8, 4) is 11.3 Å². The molecule has 0 aromatic carbocycles. The summed E-state index contributed by atoms with van der Waals surface area (Å²) in [6, 6.07) is 9.16. The molecule has 0 spiro atoms. The molecule has 3 aromatic rings. The van der Waals surface area contributed by atoms with Crippen molar-refractivity contribution in [3.05, 3.63) is 48.4 Å². The van der Waals surface area contributed by atoms with Crippen molar-refractivity contribution in [3.63, 3.8) is 0 Å². The normalized spacial score (nSPS) is 23.7. The second-order valence-corrected chi connectivity index (χ2v) is 12.0. The lowest BCUT2D eigenvalue weighted by Crippen LogP contribution is -2.48. The summed E-state index contributed by atoms with van der Waals surface area (Å²) >= 11 is 0. The van der Waals surface area contributed by atoms with Crippen LogP contribution in [0.15, 0.2) is 42.9 Å². The molecule has 2 unspecified atom stereocenters. The zero-order chi connectivity index (χ0) is 31.1. The van der Waals surface area contributed by atoms with Crippen LogP contribution in [-0.4, -0.2) is 107 Å². The Kier molecular flexibility index (Phi) is 11.3. The van der Waals surface area contributed by atoms with Crippen molar-refractivity contribution in [1.29, 1.82) is 0 Å². The SMILES string of the molecule is C1CCOC1.CC.CCOC1(c2ccc(-c3cc4c(N5CCN(C6OC6O)CC5)ccnn4c3)nc2)CCN(C(C)C)CC1. The van der Waals surface area contributed by atoms with E-state index >= 15 is 0 Å². The zero-order valence-corrected chi connectivity index (χ0v) is 27.3. The number of likely N-dealkylation sites (tertiary alicyclic amines) is 1. The fourth-order valence-corrected chi connectivity index (χ4v) is 6.53. The standard InChI is InChI=1S/C28H38N6O3.C4H8O.C2H6/c1-4-36-28(8-11-31(12-9-28)20(2)3)22-5-6-23(29-18-22)21-17-25-24(7-10-30-34(25)19-21)32-13-15-33(16-14-32)26-27(35)37-26;1-2-4-5-3-1;1-2/h5-7,10,17-20,26-27,35H,4,8-9,11-16H2,1-3H3;1-4H2;1-2H3. The largest absolute Gasteiger partial charge is 0.381 e. The molecule has 4 aliphatic heterocycles. The van der Waals surface area contributed by atoms with Gasteiger partial charge in [-0.25, -0.2) is 4.52 Å². The van der Waals surface area contributed by atoms with E-state index in [1.807, 2.05) is 30.8 Å². The molecule has 4 fully saturated rings. The summed E-state index contributed by atoms with van der Waals surface area (Å²) < 4.78 is 18.5. The van der Waals surface area contributed by atoms with Gasteiger partial charge in [-0.2, -0.15) is 5.10 Å². The summed E-state index contributed by atoms with van der Waals surface area (Å²) in [4.78, 5) is 12.0. The Balaban J connectivity index is 0.000000492. The number of hydrogen-bond acceptors (Lipinski definition) is 9. The number of piperazine rings is 1. The number of ether oxygens (including phenoxy) is 3. The number of fused-ring (bicyclic) bond motifs is 1. The second kappa shape index (κ2) is 15.1. The lowest BCUT2D eigenvalue weighted by atomic mass is 9.84. The van der Waals surface area contributed by atoms with Crippen molar-refractivity contribution in [2.45, 2.75) is 84.5 Å². The number of pyridine rings is 1. The van der Waals surface area contributed by atoms with Crippen LogP contribution in [0.3, 0.4) is 0 Å². The lowest BCUT2D eigenvalue weighted by Gasteiger charge is -2.43. The molecule has 7 heterocycles. The number of piperidine rings is 1. The van der Waals surface area contributed by atoms with Gasteiger partial charge in [0.25, 0.3) is 0 Å². The summed E-state index contributed by atoms with van der Waals surface area (Å²) in [7, 11) is 0. The molecule has 44 heavy (non-hydrogen) atoms. The Morgan fingerprint density at radius 3 is 2.27 bits per heavy atom. The lowest BCUT2D eigenvalue weighted by molar-refractivity contribution is -0.0888. The molecule has 0 aliphatic carbocycles. The number of rotatable bonds is 7. The Morgan fingerprint density at radius 1 is 1.02 bits per heavy atom. The van der Waals surface area contributed by atoms with Crippen LogP contribution in [0.4, 0.5) is 5.69 Å². The first-order valence-electron chi connectivity index (χ1n) is 16.7. The van der Waals surface area contributed by atoms with Crippen LogP contribution in [0, 0.1) is 0 Å². The molecule has 3 aromatic heterocycles. The third kappa shape index (κ3) is 7.43. The molecular weight excluding hydrogens is 556 g/mol. The maximum Gasteiger partial charge on any atom is 0.197 e. The van der Waals surface area contributed by atoms with E-state index in [1.54, 1.807) is 0 Å². The van der Waals surface area contributed by atoms with Gasteiger partial charge in [0.15, 0.2) is 12.5 Å². The maximum atomic E-state index is 9.57. The quantitative estimate of drug-likeness (QED) is 0.382. The Hall–Kier alpha value is -2.60. The molecule has 1 N–H and O–H groups in total. The highest BCUT2D eigenvalue weighted by Crippen LogP contribution is 2.38. The van der Waals surface area contributed by atoms with E-state index in [0.717, 1.165) is 82.1 Å². The van der Waals surface area contributed by atoms with Gasteiger partial charge in [0, 0.05) is 94.8 Å². The molecule has 4 aliphatic rings. The highest BCUT2D eigenvalue weighted by Gasteiger charge is 2.43. The second-order valence-electron chi connectivity index (χ2n) is 12.0. The number of anilines is 1.